The first-order valence-electron chi connectivity index (χ1n) is 2.32. The second kappa shape index (κ2) is 3.66. The number of halogens is 1. The lowest BCUT2D eigenvalue weighted by molar-refractivity contribution is -0.140. The van der Waals surface area contributed by atoms with Gasteiger partial charge in [0.05, 0.1) is 12.0 Å². The molecule has 0 fully saturated rings. The summed E-state index contributed by atoms with van der Waals surface area (Å²) in [6.07, 6.45) is -1.16. The van der Waals surface area contributed by atoms with Crippen molar-refractivity contribution in [3.05, 3.63) is 0 Å². The quantitative estimate of drug-likeness (QED) is 0.454. The van der Waals surface area contributed by atoms with Crippen molar-refractivity contribution in [2.24, 2.45) is 5.73 Å². The van der Waals surface area contributed by atoms with Gasteiger partial charge >= 0.3 is 5.97 Å². The molecule has 0 aliphatic carbocycles. The third-order valence-electron chi connectivity index (χ3n) is 0.858. The van der Waals surface area contributed by atoms with Crippen LogP contribution in [0.2, 0.25) is 0 Å². The number of nitrogens with two attached hydrogens (primary N) is 1. The molecule has 0 heterocycles. The third kappa shape index (κ3) is 2.64. The van der Waals surface area contributed by atoms with Crippen LogP contribution in [0.15, 0.2) is 0 Å². The van der Waals surface area contributed by atoms with E-state index in [9.17, 15) is 4.79 Å². The molecule has 1 unspecified atom stereocenters. The summed E-state index contributed by atoms with van der Waals surface area (Å²) in [4.78, 5) is 9.96. The van der Waals surface area contributed by atoms with Crippen LogP contribution in [0.1, 0.15) is 0 Å². The first-order chi connectivity index (χ1) is 4.09. The minimum atomic E-state index is -1.28. The van der Waals surface area contributed by atoms with Gasteiger partial charge in [-0.3, -0.25) is 4.79 Å². The number of carboxylic acid groups (broad SMARTS) is 1. The number of rotatable bonds is 3. The lowest BCUT2D eigenvalue weighted by Crippen LogP contribution is -2.42. The molecule has 0 rings (SSSR count). The molecule has 2 atom stereocenters. The maximum atomic E-state index is 9.96. The fourth-order valence-electron chi connectivity index (χ4n) is 0.261. The standard InChI is InChI=1S/C4H8ClNO3/c5-1-2(7)3(6)4(8)9/h2-3,7H,1,6H2,(H,8,9)/t2?,3-/m0/s1. The van der Waals surface area contributed by atoms with Crippen molar-refractivity contribution in [1.82, 2.24) is 0 Å². The van der Waals surface area contributed by atoms with Crippen LogP contribution < -0.4 is 5.73 Å². The Hall–Kier alpha value is -0.320. The summed E-state index contributed by atoms with van der Waals surface area (Å²) in [6.45, 7) is 0. The summed E-state index contributed by atoms with van der Waals surface area (Å²) in [5.74, 6) is -1.41. The van der Waals surface area contributed by atoms with E-state index in [1.807, 2.05) is 0 Å². The molecule has 5 heteroatoms. The molecular weight excluding hydrogens is 146 g/mol. The number of carbonyl (C=O) groups is 1. The fourth-order valence-corrected chi connectivity index (χ4v) is 0.453. The van der Waals surface area contributed by atoms with Gasteiger partial charge in [0.1, 0.15) is 6.04 Å². The molecule has 0 radical (unpaired) electrons. The van der Waals surface area contributed by atoms with Gasteiger partial charge in [0.2, 0.25) is 0 Å². The van der Waals surface area contributed by atoms with E-state index < -0.39 is 18.1 Å². The number of carboxylic acids is 1. The first kappa shape index (κ1) is 8.68. The van der Waals surface area contributed by atoms with Crippen LogP contribution in [0.4, 0.5) is 0 Å². The van der Waals surface area contributed by atoms with Crippen LogP contribution in [0.25, 0.3) is 0 Å². The average Bonchev–Trinajstić information content (AvgIpc) is 1.84. The molecule has 0 aliphatic heterocycles. The Morgan fingerprint density at radius 3 is 2.33 bits per heavy atom. The molecule has 54 valence electrons. The van der Waals surface area contributed by atoms with Crippen LogP contribution >= 0.6 is 11.6 Å². The number of hydrogen-bond acceptors (Lipinski definition) is 3. The van der Waals surface area contributed by atoms with E-state index in [0.29, 0.717) is 0 Å². The average molecular weight is 154 g/mol. The van der Waals surface area contributed by atoms with Gasteiger partial charge in [-0.15, -0.1) is 11.6 Å². The van der Waals surface area contributed by atoms with E-state index in [-0.39, 0.29) is 5.88 Å². The van der Waals surface area contributed by atoms with Gasteiger partial charge in [0.15, 0.2) is 0 Å². The summed E-state index contributed by atoms with van der Waals surface area (Å²) < 4.78 is 0. The summed E-state index contributed by atoms with van der Waals surface area (Å²) >= 11 is 5.10. The van der Waals surface area contributed by atoms with Crippen molar-refractivity contribution in [3.63, 3.8) is 0 Å². The minimum absolute atomic E-state index is 0.159. The highest BCUT2D eigenvalue weighted by molar-refractivity contribution is 6.18. The molecule has 0 saturated heterocycles. The zero-order chi connectivity index (χ0) is 7.44. The number of alkyl halides is 1. The molecule has 0 saturated carbocycles. The summed E-state index contributed by atoms with van der Waals surface area (Å²) in [6, 6.07) is -1.28. The molecule has 9 heavy (non-hydrogen) atoms. The molecule has 0 aromatic heterocycles. The smallest absolute Gasteiger partial charge is 0.323 e. The second-order valence-corrected chi connectivity index (χ2v) is 1.89. The monoisotopic (exact) mass is 153 g/mol. The SMILES string of the molecule is N[C@H](C(=O)O)C(O)CCl. The molecule has 0 aromatic rings. The van der Waals surface area contributed by atoms with Crippen molar-refractivity contribution >= 4 is 17.6 Å². The third-order valence-corrected chi connectivity index (χ3v) is 1.17. The van der Waals surface area contributed by atoms with Crippen molar-refractivity contribution in [2.75, 3.05) is 5.88 Å². The van der Waals surface area contributed by atoms with Crippen molar-refractivity contribution < 1.29 is 15.0 Å². The number of aliphatic hydroxyl groups excluding tert-OH is 1. The van der Waals surface area contributed by atoms with E-state index >= 15 is 0 Å². The van der Waals surface area contributed by atoms with Crippen LogP contribution in [0.3, 0.4) is 0 Å². The van der Waals surface area contributed by atoms with Crippen molar-refractivity contribution in [1.29, 1.82) is 0 Å². The Balaban J connectivity index is 3.72. The van der Waals surface area contributed by atoms with E-state index in [1.54, 1.807) is 0 Å². The van der Waals surface area contributed by atoms with Crippen LogP contribution in [-0.2, 0) is 4.79 Å². The Morgan fingerprint density at radius 1 is 1.78 bits per heavy atom. The lowest BCUT2D eigenvalue weighted by Gasteiger charge is -2.09. The van der Waals surface area contributed by atoms with Gasteiger partial charge in [0.25, 0.3) is 0 Å². The van der Waals surface area contributed by atoms with Crippen molar-refractivity contribution in [2.45, 2.75) is 12.1 Å². The van der Waals surface area contributed by atoms with Gasteiger partial charge in [0, 0.05) is 0 Å². The van der Waals surface area contributed by atoms with E-state index in [2.05, 4.69) is 0 Å². The second-order valence-electron chi connectivity index (χ2n) is 1.59. The zero-order valence-electron chi connectivity index (χ0n) is 4.62. The lowest BCUT2D eigenvalue weighted by atomic mass is 10.2. The van der Waals surface area contributed by atoms with E-state index in [0.717, 1.165) is 0 Å². The van der Waals surface area contributed by atoms with Gasteiger partial charge in [-0.25, -0.2) is 0 Å². The number of aliphatic carboxylic acids is 1. The maximum absolute atomic E-state index is 9.96. The summed E-state index contributed by atoms with van der Waals surface area (Å²) in [7, 11) is 0. The largest absolute Gasteiger partial charge is 0.480 e. The highest BCUT2D eigenvalue weighted by Gasteiger charge is 2.20. The van der Waals surface area contributed by atoms with Gasteiger partial charge < -0.3 is 15.9 Å². The molecule has 0 spiro atoms. The molecule has 4 nitrogen and oxygen atoms in total. The van der Waals surface area contributed by atoms with Crippen LogP contribution in [0, 0.1) is 0 Å². The Kier molecular flexibility index (Phi) is 3.53. The van der Waals surface area contributed by atoms with E-state index in [1.165, 1.54) is 0 Å². The summed E-state index contributed by atoms with van der Waals surface area (Å²) in [5.41, 5.74) is 4.94. The van der Waals surface area contributed by atoms with Gasteiger partial charge in [-0.1, -0.05) is 0 Å². The fraction of sp³-hybridized carbons (Fsp3) is 0.750. The van der Waals surface area contributed by atoms with Gasteiger partial charge in [-0.05, 0) is 0 Å². The number of hydrogen-bond donors (Lipinski definition) is 3. The minimum Gasteiger partial charge on any atom is -0.480 e. The number of aliphatic hydroxyl groups is 1. The first-order valence-corrected chi connectivity index (χ1v) is 2.85. The van der Waals surface area contributed by atoms with E-state index in [4.69, 9.17) is 27.5 Å². The molecule has 4 N–H and O–H groups in total. The zero-order valence-corrected chi connectivity index (χ0v) is 5.38. The highest BCUT2D eigenvalue weighted by Crippen LogP contribution is 1.92. The molecular formula is C4H8ClNO3. The predicted octanol–water partition coefficient (Wildman–Crippen LogP) is -1.00. The molecule has 0 aliphatic rings. The molecule has 0 amide bonds. The molecule has 0 aromatic carbocycles. The Morgan fingerprint density at radius 2 is 2.22 bits per heavy atom. The topological polar surface area (TPSA) is 83.6 Å². The molecule has 0 bridgehead atoms. The maximum Gasteiger partial charge on any atom is 0.323 e. The predicted molar refractivity (Wildman–Crippen MR) is 32.3 cm³/mol. The van der Waals surface area contributed by atoms with Crippen LogP contribution in [0.5, 0.6) is 0 Å². The van der Waals surface area contributed by atoms with Crippen molar-refractivity contribution in [3.8, 4) is 0 Å². The normalized spacial score (nSPS) is 16.8. The summed E-state index contributed by atoms with van der Waals surface area (Å²) in [5, 5.41) is 16.8. The Bertz CT molecular complexity index is 108. The Labute approximate surface area is 57.2 Å². The van der Waals surface area contributed by atoms with Crippen LogP contribution in [-0.4, -0.2) is 34.2 Å². The van der Waals surface area contributed by atoms with Gasteiger partial charge in [-0.2, -0.15) is 0 Å². The highest BCUT2D eigenvalue weighted by atomic mass is 35.5.